The number of aliphatic imine (C=N–C) groups is 1. The van der Waals surface area contributed by atoms with Gasteiger partial charge in [0.2, 0.25) is 11.8 Å². The molecule has 0 aliphatic carbocycles. The second-order valence-corrected chi connectivity index (χ2v) is 6.14. The Morgan fingerprint density at radius 3 is 2.59 bits per heavy atom. The van der Waals surface area contributed by atoms with E-state index in [2.05, 4.69) is 32.5 Å². The Morgan fingerprint density at radius 2 is 1.90 bits per heavy atom. The van der Waals surface area contributed by atoms with Gasteiger partial charge in [0, 0.05) is 31.4 Å². The van der Waals surface area contributed by atoms with Crippen LogP contribution < -0.4 is 15.4 Å². The molecule has 2 aromatic heterocycles. The van der Waals surface area contributed by atoms with Crippen LogP contribution in [-0.2, 0) is 13.1 Å². The Balaban J connectivity index is 0.00000300. The lowest BCUT2D eigenvalue weighted by molar-refractivity contribution is 0.305. The van der Waals surface area contributed by atoms with E-state index in [1.54, 1.807) is 19.5 Å². The van der Waals surface area contributed by atoms with Gasteiger partial charge in [-0.1, -0.05) is 31.2 Å². The smallest absolute Gasteiger partial charge is 0.226 e. The van der Waals surface area contributed by atoms with Crippen molar-refractivity contribution in [2.75, 3.05) is 13.7 Å². The van der Waals surface area contributed by atoms with E-state index in [1.807, 2.05) is 42.5 Å². The highest BCUT2D eigenvalue weighted by molar-refractivity contribution is 14.0. The van der Waals surface area contributed by atoms with E-state index in [0.717, 1.165) is 23.2 Å². The summed E-state index contributed by atoms with van der Waals surface area (Å²) in [5.41, 5.74) is 2.80. The number of halogens is 1. The zero-order valence-corrected chi connectivity index (χ0v) is 18.9. The Morgan fingerprint density at radius 1 is 1.10 bits per heavy atom. The van der Waals surface area contributed by atoms with E-state index in [9.17, 15) is 0 Å². The fourth-order valence-electron chi connectivity index (χ4n) is 2.49. The number of benzene rings is 1. The summed E-state index contributed by atoms with van der Waals surface area (Å²) in [6.45, 7) is 3.86. The van der Waals surface area contributed by atoms with Gasteiger partial charge in [0.1, 0.15) is 6.26 Å². The molecular weight excluding hydrogens is 481 g/mol. The quantitative estimate of drug-likeness (QED) is 0.273. The van der Waals surface area contributed by atoms with Crippen LogP contribution in [0, 0.1) is 0 Å². The number of aromatic nitrogens is 2. The Labute approximate surface area is 188 Å². The number of nitrogens with one attached hydrogen (secondary N) is 2. The number of ether oxygens (including phenoxy) is 1. The van der Waals surface area contributed by atoms with Gasteiger partial charge in [0.25, 0.3) is 0 Å². The predicted molar refractivity (Wildman–Crippen MR) is 124 cm³/mol. The van der Waals surface area contributed by atoms with Gasteiger partial charge in [-0.25, -0.2) is 9.97 Å². The SMILES string of the molecule is CCCOc1ccc(CNC(=NC)NCc2coc(-c3ccccc3)n2)cn1.I. The molecule has 0 fully saturated rings. The summed E-state index contributed by atoms with van der Waals surface area (Å²) in [7, 11) is 1.73. The first-order valence-corrected chi connectivity index (χ1v) is 9.30. The van der Waals surface area contributed by atoms with E-state index in [1.165, 1.54) is 0 Å². The molecule has 1 aromatic carbocycles. The van der Waals surface area contributed by atoms with Crippen LogP contribution in [0.25, 0.3) is 11.5 Å². The van der Waals surface area contributed by atoms with Crippen LogP contribution in [-0.4, -0.2) is 29.6 Å². The number of hydrogen-bond donors (Lipinski definition) is 2. The highest BCUT2D eigenvalue weighted by atomic mass is 127. The number of rotatable bonds is 8. The summed E-state index contributed by atoms with van der Waals surface area (Å²) < 4.78 is 11.0. The fourth-order valence-corrected chi connectivity index (χ4v) is 2.49. The van der Waals surface area contributed by atoms with Crippen molar-refractivity contribution in [2.24, 2.45) is 4.99 Å². The number of oxazole rings is 1. The van der Waals surface area contributed by atoms with Crippen LogP contribution in [0.1, 0.15) is 24.6 Å². The third-order valence-corrected chi connectivity index (χ3v) is 3.94. The Bertz CT molecular complexity index is 882. The predicted octanol–water partition coefficient (Wildman–Crippen LogP) is 4.01. The van der Waals surface area contributed by atoms with Crippen molar-refractivity contribution in [3.63, 3.8) is 0 Å². The molecule has 0 aliphatic heterocycles. The summed E-state index contributed by atoms with van der Waals surface area (Å²) in [6.07, 6.45) is 4.42. The van der Waals surface area contributed by atoms with E-state index in [0.29, 0.717) is 37.4 Å². The van der Waals surface area contributed by atoms with Crippen LogP contribution in [0.5, 0.6) is 5.88 Å². The molecule has 154 valence electrons. The molecular formula is C21H26IN5O2. The molecule has 0 unspecified atom stereocenters. The molecule has 0 spiro atoms. The molecule has 7 nitrogen and oxygen atoms in total. The molecule has 2 N–H and O–H groups in total. The largest absolute Gasteiger partial charge is 0.478 e. The van der Waals surface area contributed by atoms with Crippen molar-refractivity contribution >= 4 is 29.9 Å². The van der Waals surface area contributed by atoms with Gasteiger partial charge in [-0.05, 0) is 24.1 Å². The minimum atomic E-state index is 0. The van der Waals surface area contributed by atoms with Crippen molar-refractivity contribution in [1.29, 1.82) is 0 Å². The van der Waals surface area contributed by atoms with Gasteiger partial charge in [-0.3, -0.25) is 4.99 Å². The van der Waals surface area contributed by atoms with Gasteiger partial charge < -0.3 is 19.8 Å². The Kier molecular flexibility index (Phi) is 9.42. The molecule has 0 amide bonds. The summed E-state index contributed by atoms with van der Waals surface area (Å²) >= 11 is 0. The third kappa shape index (κ3) is 7.04. The standard InChI is InChI=1S/C21H25N5O2.HI/c1-3-11-27-19-10-9-16(12-23-19)13-24-21(22-2)25-14-18-15-28-20(26-18)17-7-5-4-6-8-17;/h4-10,12,15H,3,11,13-14H2,1-2H3,(H2,22,24,25);1H. The van der Waals surface area contributed by atoms with Crippen LogP contribution in [0.3, 0.4) is 0 Å². The van der Waals surface area contributed by atoms with Crippen molar-refractivity contribution in [3.8, 4) is 17.3 Å². The maximum Gasteiger partial charge on any atom is 0.226 e. The lowest BCUT2D eigenvalue weighted by Gasteiger charge is -2.11. The van der Waals surface area contributed by atoms with E-state index >= 15 is 0 Å². The molecule has 2 heterocycles. The van der Waals surface area contributed by atoms with Gasteiger partial charge in [0.15, 0.2) is 5.96 Å². The van der Waals surface area contributed by atoms with Crippen molar-refractivity contribution in [3.05, 3.63) is 66.2 Å². The zero-order valence-electron chi connectivity index (χ0n) is 16.6. The van der Waals surface area contributed by atoms with E-state index < -0.39 is 0 Å². The molecule has 0 aliphatic rings. The average molecular weight is 507 g/mol. The monoisotopic (exact) mass is 507 g/mol. The maximum absolute atomic E-state index is 5.55. The van der Waals surface area contributed by atoms with Crippen molar-refractivity contribution in [2.45, 2.75) is 26.4 Å². The molecule has 0 bridgehead atoms. The zero-order chi connectivity index (χ0) is 19.6. The van der Waals surface area contributed by atoms with Gasteiger partial charge in [-0.15, -0.1) is 24.0 Å². The highest BCUT2D eigenvalue weighted by Gasteiger charge is 2.07. The minimum Gasteiger partial charge on any atom is -0.478 e. The summed E-state index contributed by atoms with van der Waals surface area (Å²) in [5, 5.41) is 6.49. The van der Waals surface area contributed by atoms with Crippen LogP contribution >= 0.6 is 24.0 Å². The first-order chi connectivity index (χ1) is 13.8. The van der Waals surface area contributed by atoms with Crippen LogP contribution in [0.2, 0.25) is 0 Å². The second-order valence-electron chi connectivity index (χ2n) is 6.14. The van der Waals surface area contributed by atoms with E-state index in [-0.39, 0.29) is 24.0 Å². The number of nitrogens with zero attached hydrogens (tertiary/aromatic N) is 3. The summed E-state index contributed by atoms with van der Waals surface area (Å²) in [6, 6.07) is 13.7. The molecule has 0 radical (unpaired) electrons. The minimum absolute atomic E-state index is 0. The first-order valence-electron chi connectivity index (χ1n) is 9.30. The van der Waals surface area contributed by atoms with Crippen LogP contribution in [0.4, 0.5) is 0 Å². The molecule has 0 saturated heterocycles. The molecule has 29 heavy (non-hydrogen) atoms. The lowest BCUT2D eigenvalue weighted by Crippen LogP contribution is -2.36. The third-order valence-electron chi connectivity index (χ3n) is 3.94. The topological polar surface area (TPSA) is 84.6 Å². The number of guanidine groups is 1. The fraction of sp³-hybridized carbons (Fsp3) is 0.286. The molecule has 0 atom stereocenters. The molecule has 3 rings (SSSR count). The average Bonchev–Trinajstić information content (AvgIpc) is 3.23. The number of hydrogen-bond acceptors (Lipinski definition) is 5. The maximum atomic E-state index is 5.55. The van der Waals surface area contributed by atoms with Gasteiger partial charge in [0.05, 0.1) is 18.8 Å². The second kappa shape index (κ2) is 12.1. The summed E-state index contributed by atoms with van der Waals surface area (Å²) in [5.74, 6) is 1.93. The van der Waals surface area contributed by atoms with Crippen LogP contribution in [0.15, 0.2) is 64.3 Å². The first kappa shape index (κ1) is 22.7. The molecule has 3 aromatic rings. The van der Waals surface area contributed by atoms with Gasteiger partial charge in [-0.2, -0.15) is 0 Å². The molecule has 8 heteroatoms. The summed E-state index contributed by atoms with van der Waals surface area (Å²) in [4.78, 5) is 13.0. The molecule has 0 saturated carbocycles. The number of pyridine rings is 1. The lowest BCUT2D eigenvalue weighted by atomic mass is 10.2. The Hall–Kier alpha value is -2.62. The normalized spacial score (nSPS) is 10.9. The van der Waals surface area contributed by atoms with Crippen molar-refractivity contribution in [1.82, 2.24) is 20.6 Å². The highest BCUT2D eigenvalue weighted by Crippen LogP contribution is 2.17. The van der Waals surface area contributed by atoms with Gasteiger partial charge >= 0.3 is 0 Å². The van der Waals surface area contributed by atoms with E-state index in [4.69, 9.17) is 9.15 Å². The van der Waals surface area contributed by atoms with Crippen molar-refractivity contribution < 1.29 is 9.15 Å².